The van der Waals surface area contributed by atoms with Gasteiger partial charge in [-0.15, -0.1) is 0 Å². The second-order valence-electron chi connectivity index (χ2n) is 10.2. The summed E-state index contributed by atoms with van der Waals surface area (Å²) in [4.78, 5) is 28.8. The van der Waals surface area contributed by atoms with Crippen LogP contribution < -0.4 is 15.1 Å². The van der Waals surface area contributed by atoms with Gasteiger partial charge in [-0.1, -0.05) is 27.7 Å². The van der Waals surface area contributed by atoms with E-state index in [1.54, 1.807) is 6.92 Å². The molecule has 0 aliphatic carbocycles. The second-order valence-corrected chi connectivity index (χ2v) is 10.2. The molecular weight excluding hydrogens is 362 g/mol. The van der Waals surface area contributed by atoms with Crippen LogP contribution in [0.1, 0.15) is 66.4 Å². The first-order valence-corrected chi connectivity index (χ1v) is 11.0. The third-order valence-electron chi connectivity index (χ3n) is 6.35. The number of nitrogens with zero attached hydrogens (tertiary/aromatic N) is 2. The van der Waals surface area contributed by atoms with Crippen molar-refractivity contribution in [2.24, 2.45) is 11.3 Å². The van der Waals surface area contributed by atoms with Gasteiger partial charge in [0.25, 0.3) is 0 Å². The molecule has 0 radical (unpaired) electrons. The average molecular weight is 400 g/mol. The number of hydrogen-bond acceptors (Lipinski definition) is 3. The number of amides is 2. The number of rotatable bonds is 3. The van der Waals surface area contributed by atoms with E-state index in [4.69, 9.17) is 0 Å². The summed E-state index contributed by atoms with van der Waals surface area (Å²) in [6.45, 7) is 14.2. The van der Waals surface area contributed by atoms with Gasteiger partial charge < -0.3 is 15.1 Å². The minimum Gasteiger partial charge on any atom is -0.371 e. The van der Waals surface area contributed by atoms with Gasteiger partial charge in [0.15, 0.2) is 0 Å². The summed E-state index contributed by atoms with van der Waals surface area (Å²) in [5.41, 5.74) is 3.59. The van der Waals surface area contributed by atoms with Crippen LogP contribution in [0.2, 0.25) is 0 Å². The SMILES string of the molecule is CC(=O)N1c2ccc(N3CCC(NC(=O)CC(C)(C)C)CC3)cc2CC(C)[C@@H]1C. The maximum absolute atomic E-state index is 12.2. The van der Waals surface area contributed by atoms with E-state index in [1.165, 1.54) is 11.3 Å². The number of carbonyl (C=O) groups is 2. The summed E-state index contributed by atoms with van der Waals surface area (Å²) in [5, 5.41) is 3.22. The Kier molecular flexibility index (Phi) is 6.25. The van der Waals surface area contributed by atoms with Crippen LogP contribution in [0, 0.1) is 11.3 Å². The normalized spacial score (nSPS) is 23.0. The zero-order valence-electron chi connectivity index (χ0n) is 18.9. The third-order valence-corrected chi connectivity index (χ3v) is 6.35. The summed E-state index contributed by atoms with van der Waals surface area (Å²) in [5.74, 6) is 0.729. The first-order chi connectivity index (χ1) is 13.5. The quantitative estimate of drug-likeness (QED) is 0.831. The highest BCUT2D eigenvalue weighted by Gasteiger charge is 2.32. The molecule has 2 aliphatic rings. The fourth-order valence-electron chi connectivity index (χ4n) is 4.66. The first kappa shape index (κ1) is 21.7. The minimum absolute atomic E-state index is 0.0241. The molecule has 0 spiro atoms. The largest absolute Gasteiger partial charge is 0.371 e. The third kappa shape index (κ3) is 5.12. The monoisotopic (exact) mass is 399 g/mol. The van der Waals surface area contributed by atoms with Gasteiger partial charge in [-0.3, -0.25) is 9.59 Å². The molecule has 160 valence electrons. The molecule has 0 aromatic heterocycles. The van der Waals surface area contributed by atoms with Crippen LogP contribution in [0.4, 0.5) is 11.4 Å². The Hall–Kier alpha value is -2.04. The Morgan fingerprint density at radius 2 is 1.79 bits per heavy atom. The van der Waals surface area contributed by atoms with E-state index in [-0.39, 0.29) is 29.3 Å². The molecule has 29 heavy (non-hydrogen) atoms. The van der Waals surface area contributed by atoms with E-state index in [9.17, 15) is 9.59 Å². The van der Waals surface area contributed by atoms with E-state index >= 15 is 0 Å². The summed E-state index contributed by atoms with van der Waals surface area (Å²) >= 11 is 0. The molecule has 3 rings (SSSR count). The van der Waals surface area contributed by atoms with Crippen molar-refractivity contribution in [2.75, 3.05) is 22.9 Å². The maximum atomic E-state index is 12.2. The number of carbonyl (C=O) groups excluding carboxylic acids is 2. The lowest BCUT2D eigenvalue weighted by atomic mass is 9.87. The fraction of sp³-hybridized carbons (Fsp3) is 0.667. The van der Waals surface area contributed by atoms with E-state index in [0.29, 0.717) is 12.3 Å². The van der Waals surface area contributed by atoms with Crippen molar-refractivity contribution in [1.82, 2.24) is 5.32 Å². The average Bonchev–Trinajstić information content (AvgIpc) is 2.61. The Bertz CT molecular complexity index is 760. The smallest absolute Gasteiger partial charge is 0.224 e. The van der Waals surface area contributed by atoms with Crippen LogP contribution >= 0.6 is 0 Å². The van der Waals surface area contributed by atoms with Crippen LogP contribution in [-0.4, -0.2) is 37.0 Å². The van der Waals surface area contributed by atoms with E-state index in [0.717, 1.165) is 38.0 Å². The van der Waals surface area contributed by atoms with Gasteiger partial charge in [0.05, 0.1) is 0 Å². The molecule has 1 N–H and O–H groups in total. The molecule has 1 aromatic rings. The zero-order chi connectivity index (χ0) is 21.3. The molecule has 1 fully saturated rings. The van der Waals surface area contributed by atoms with Crippen LogP contribution in [0.15, 0.2) is 18.2 Å². The van der Waals surface area contributed by atoms with Gasteiger partial charge in [-0.05, 0) is 61.3 Å². The van der Waals surface area contributed by atoms with Crippen LogP contribution in [0.3, 0.4) is 0 Å². The molecule has 1 saturated heterocycles. The second kappa shape index (κ2) is 8.37. The van der Waals surface area contributed by atoms with Gasteiger partial charge in [-0.25, -0.2) is 0 Å². The molecule has 0 saturated carbocycles. The Labute approximate surface area is 175 Å². The number of fused-ring (bicyclic) bond motifs is 1. The predicted molar refractivity (Wildman–Crippen MR) is 119 cm³/mol. The Morgan fingerprint density at radius 3 is 2.38 bits per heavy atom. The highest BCUT2D eigenvalue weighted by atomic mass is 16.2. The fourth-order valence-corrected chi connectivity index (χ4v) is 4.66. The van der Waals surface area contributed by atoms with Crippen molar-refractivity contribution in [2.45, 2.75) is 79.3 Å². The van der Waals surface area contributed by atoms with Crippen molar-refractivity contribution >= 4 is 23.2 Å². The van der Waals surface area contributed by atoms with Gasteiger partial charge >= 0.3 is 0 Å². The van der Waals surface area contributed by atoms with Crippen molar-refractivity contribution in [3.63, 3.8) is 0 Å². The minimum atomic E-state index is 0.0241. The molecule has 1 aromatic carbocycles. The van der Waals surface area contributed by atoms with Crippen molar-refractivity contribution in [3.05, 3.63) is 23.8 Å². The summed E-state index contributed by atoms with van der Waals surface area (Å²) < 4.78 is 0. The predicted octanol–water partition coefficient (Wildman–Crippen LogP) is 4.14. The van der Waals surface area contributed by atoms with Gasteiger partial charge in [0.2, 0.25) is 11.8 Å². The molecule has 2 aliphatic heterocycles. The Morgan fingerprint density at radius 1 is 1.14 bits per heavy atom. The van der Waals surface area contributed by atoms with Crippen LogP contribution in [0.25, 0.3) is 0 Å². The van der Waals surface area contributed by atoms with Crippen molar-refractivity contribution < 1.29 is 9.59 Å². The highest BCUT2D eigenvalue weighted by Crippen LogP contribution is 2.36. The van der Waals surface area contributed by atoms with E-state index in [2.05, 4.69) is 63.0 Å². The van der Waals surface area contributed by atoms with Crippen molar-refractivity contribution in [1.29, 1.82) is 0 Å². The number of benzene rings is 1. The van der Waals surface area contributed by atoms with Crippen molar-refractivity contribution in [3.8, 4) is 0 Å². The van der Waals surface area contributed by atoms with Crippen LogP contribution in [0.5, 0.6) is 0 Å². The molecular formula is C24H37N3O2. The summed E-state index contributed by atoms with van der Waals surface area (Å²) in [6, 6.07) is 7.04. The molecule has 5 nitrogen and oxygen atoms in total. The zero-order valence-corrected chi connectivity index (χ0v) is 18.9. The summed E-state index contributed by atoms with van der Waals surface area (Å²) in [7, 11) is 0. The highest BCUT2D eigenvalue weighted by molar-refractivity contribution is 5.94. The van der Waals surface area contributed by atoms with Crippen LogP contribution in [-0.2, 0) is 16.0 Å². The maximum Gasteiger partial charge on any atom is 0.224 e. The number of anilines is 2. The molecule has 5 heteroatoms. The molecule has 2 heterocycles. The molecule has 1 unspecified atom stereocenters. The lowest BCUT2D eigenvalue weighted by molar-refractivity contribution is -0.123. The molecule has 2 amide bonds. The van der Waals surface area contributed by atoms with E-state index in [1.807, 2.05) is 4.90 Å². The molecule has 2 atom stereocenters. The standard InChI is InChI=1S/C24H37N3O2/c1-16-13-19-14-21(7-8-22(19)27(17(16)2)18(3)28)26-11-9-20(10-12-26)25-23(29)15-24(4,5)6/h7-8,14,16-17,20H,9-13,15H2,1-6H3,(H,25,29)/t16?,17-/m0/s1. The Balaban J connectivity index is 1.64. The van der Waals surface area contributed by atoms with Gasteiger partial charge in [-0.2, -0.15) is 0 Å². The number of nitrogens with one attached hydrogen (secondary N) is 1. The first-order valence-electron chi connectivity index (χ1n) is 11.0. The van der Waals surface area contributed by atoms with E-state index < -0.39 is 0 Å². The topological polar surface area (TPSA) is 52.7 Å². The lowest BCUT2D eigenvalue weighted by Crippen LogP contribution is -2.46. The van der Waals surface area contributed by atoms with Gasteiger partial charge in [0, 0.05) is 49.9 Å². The van der Waals surface area contributed by atoms with Gasteiger partial charge in [0.1, 0.15) is 0 Å². The number of hydrogen-bond donors (Lipinski definition) is 1. The lowest BCUT2D eigenvalue weighted by Gasteiger charge is -2.40. The molecule has 0 bridgehead atoms. The summed E-state index contributed by atoms with van der Waals surface area (Å²) in [6.07, 6.45) is 3.52. The number of piperidine rings is 1.